The summed E-state index contributed by atoms with van der Waals surface area (Å²) >= 11 is 0. The van der Waals surface area contributed by atoms with Crippen LogP contribution in [-0.2, 0) is 6.54 Å². The van der Waals surface area contributed by atoms with Crippen LogP contribution in [0.15, 0.2) is 30.3 Å². The van der Waals surface area contributed by atoms with Crippen LogP contribution in [0.2, 0.25) is 0 Å². The van der Waals surface area contributed by atoms with E-state index >= 15 is 0 Å². The van der Waals surface area contributed by atoms with Crippen molar-refractivity contribution in [3.8, 4) is 0 Å². The first-order chi connectivity index (χ1) is 8.85. The second-order valence-electron chi connectivity index (χ2n) is 4.72. The molecule has 1 aliphatic carbocycles. The molecule has 0 spiro atoms. The average Bonchev–Trinajstić information content (AvgIpc) is 2.82. The molecule has 1 aromatic carbocycles. The molecule has 1 aromatic heterocycles. The van der Waals surface area contributed by atoms with E-state index in [1.54, 1.807) is 4.80 Å². The summed E-state index contributed by atoms with van der Waals surface area (Å²) in [5.41, 5.74) is 1.43. The van der Waals surface area contributed by atoms with E-state index in [9.17, 15) is 0 Å². The van der Waals surface area contributed by atoms with E-state index in [4.69, 9.17) is 0 Å². The number of anilines is 1. The van der Waals surface area contributed by atoms with Crippen molar-refractivity contribution in [1.29, 1.82) is 0 Å². The van der Waals surface area contributed by atoms with E-state index in [1.807, 2.05) is 6.92 Å². The van der Waals surface area contributed by atoms with Crippen molar-refractivity contribution in [2.75, 3.05) is 5.32 Å². The van der Waals surface area contributed by atoms with Gasteiger partial charge in [-0.25, -0.2) is 0 Å². The van der Waals surface area contributed by atoms with Crippen LogP contribution in [0.4, 0.5) is 5.95 Å². The van der Waals surface area contributed by atoms with Gasteiger partial charge in [0.2, 0.25) is 0 Å². The summed E-state index contributed by atoms with van der Waals surface area (Å²) in [6, 6.07) is 11.1. The predicted molar refractivity (Wildman–Crippen MR) is 69.3 cm³/mol. The molecule has 18 heavy (non-hydrogen) atoms. The van der Waals surface area contributed by atoms with Crippen molar-refractivity contribution in [2.24, 2.45) is 0 Å². The van der Waals surface area contributed by atoms with Crippen LogP contribution >= 0.6 is 0 Å². The quantitative estimate of drug-likeness (QED) is 0.893. The number of nitrogens with zero attached hydrogens (tertiary/aromatic N) is 4. The molecule has 0 bridgehead atoms. The maximum Gasteiger partial charge on any atom is 0.263 e. The van der Waals surface area contributed by atoms with Crippen LogP contribution in [0.5, 0.6) is 0 Å². The van der Waals surface area contributed by atoms with Gasteiger partial charge in [-0.15, -0.1) is 5.10 Å². The van der Waals surface area contributed by atoms with Gasteiger partial charge in [-0.3, -0.25) is 0 Å². The Morgan fingerprint density at radius 3 is 2.72 bits per heavy atom. The van der Waals surface area contributed by atoms with Gasteiger partial charge in [0.25, 0.3) is 5.95 Å². The summed E-state index contributed by atoms with van der Waals surface area (Å²) in [6.07, 6.45) is 2.29. The van der Waals surface area contributed by atoms with E-state index < -0.39 is 0 Å². The minimum atomic E-state index is 0.477. The van der Waals surface area contributed by atoms with Gasteiger partial charge in [0.05, 0.1) is 6.54 Å². The van der Waals surface area contributed by atoms with Crippen LogP contribution in [0.25, 0.3) is 0 Å². The fraction of sp³-hybridized carbons (Fsp3) is 0.462. The maximum atomic E-state index is 4.23. The Kier molecular flexibility index (Phi) is 2.96. The number of nitrogens with one attached hydrogen (secondary N) is 1. The summed E-state index contributed by atoms with van der Waals surface area (Å²) in [5.74, 6) is 1.32. The fourth-order valence-electron chi connectivity index (χ4n) is 2.35. The first-order valence-corrected chi connectivity index (χ1v) is 6.44. The average molecular weight is 243 g/mol. The molecule has 1 aliphatic rings. The highest BCUT2D eigenvalue weighted by Gasteiger charge is 2.30. The predicted octanol–water partition coefficient (Wildman–Crippen LogP) is 2.05. The van der Waals surface area contributed by atoms with Gasteiger partial charge in [0.15, 0.2) is 0 Å². The highest BCUT2D eigenvalue weighted by Crippen LogP contribution is 2.37. The molecule has 0 aliphatic heterocycles. The third-order valence-electron chi connectivity index (χ3n) is 3.48. The molecule has 1 N–H and O–H groups in total. The molecule has 2 aromatic rings. The molecular weight excluding hydrogens is 226 g/mol. The van der Waals surface area contributed by atoms with Gasteiger partial charge in [-0.1, -0.05) is 35.4 Å². The number of tetrazole rings is 1. The highest BCUT2D eigenvalue weighted by molar-refractivity contribution is 5.29. The lowest BCUT2D eigenvalue weighted by Crippen LogP contribution is -2.34. The van der Waals surface area contributed by atoms with E-state index in [0.717, 1.165) is 19.4 Å². The van der Waals surface area contributed by atoms with Crippen LogP contribution in [0, 0.1) is 0 Å². The Morgan fingerprint density at radius 1 is 1.28 bits per heavy atom. The standard InChI is InChI=1S/C13H17N5/c1-2-18-16-13(15-17-18)14-12-8-11(9-12)10-6-4-3-5-7-10/h3-7,11-12H,2,8-9H2,1H3,(H,14,16). The number of rotatable bonds is 4. The molecule has 0 unspecified atom stereocenters. The zero-order valence-electron chi connectivity index (χ0n) is 10.5. The molecular formula is C13H17N5. The molecule has 1 heterocycles. The molecule has 1 saturated carbocycles. The van der Waals surface area contributed by atoms with Crippen LogP contribution in [0.3, 0.4) is 0 Å². The topological polar surface area (TPSA) is 55.6 Å². The van der Waals surface area contributed by atoms with Gasteiger partial charge >= 0.3 is 0 Å². The number of hydrogen-bond acceptors (Lipinski definition) is 4. The maximum absolute atomic E-state index is 4.23. The molecule has 94 valence electrons. The Morgan fingerprint density at radius 2 is 2.06 bits per heavy atom. The number of hydrogen-bond donors (Lipinski definition) is 1. The number of aromatic nitrogens is 4. The van der Waals surface area contributed by atoms with Gasteiger partial charge in [0, 0.05) is 6.04 Å². The van der Waals surface area contributed by atoms with Gasteiger partial charge < -0.3 is 5.32 Å². The van der Waals surface area contributed by atoms with Gasteiger partial charge in [-0.2, -0.15) is 4.80 Å². The summed E-state index contributed by atoms with van der Waals surface area (Å²) < 4.78 is 0. The first kappa shape index (κ1) is 11.2. The molecule has 0 saturated heterocycles. The third-order valence-corrected chi connectivity index (χ3v) is 3.48. The molecule has 0 amide bonds. The molecule has 0 radical (unpaired) electrons. The molecule has 3 rings (SSSR count). The van der Waals surface area contributed by atoms with E-state index in [0.29, 0.717) is 17.9 Å². The number of aryl methyl sites for hydroxylation is 1. The Bertz CT molecular complexity index is 501. The van der Waals surface area contributed by atoms with Crippen molar-refractivity contribution in [3.05, 3.63) is 35.9 Å². The van der Waals surface area contributed by atoms with Crippen LogP contribution in [0.1, 0.15) is 31.2 Å². The summed E-state index contributed by atoms with van der Waals surface area (Å²) in [7, 11) is 0. The van der Waals surface area contributed by atoms with Crippen LogP contribution in [-0.4, -0.2) is 26.2 Å². The van der Waals surface area contributed by atoms with Crippen molar-refractivity contribution < 1.29 is 0 Å². The molecule has 1 fully saturated rings. The van der Waals surface area contributed by atoms with E-state index in [1.165, 1.54) is 5.56 Å². The highest BCUT2D eigenvalue weighted by atomic mass is 15.6. The first-order valence-electron chi connectivity index (χ1n) is 6.44. The lowest BCUT2D eigenvalue weighted by atomic mass is 9.76. The Balaban J connectivity index is 1.53. The molecule has 0 atom stereocenters. The smallest absolute Gasteiger partial charge is 0.263 e. The zero-order valence-corrected chi connectivity index (χ0v) is 10.5. The SMILES string of the molecule is CCn1nnc(NC2CC(c3ccccc3)C2)n1. The summed E-state index contributed by atoms with van der Waals surface area (Å²) in [5, 5.41) is 15.5. The zero-order chi connectivity index (χ0) is 12.4. The second-order valence-corrected chi connectivity index (χ2v) is 4.72. The summed E-state index contributed by atoms with van der Waals surface area (Å²) in [6.45, 7) is 2.76. The van der Waals surface area contributed by atoms with E-state index in [2.05, 4.69) is 51.1 Å². The van der Waals surface area contributed by atoms with Gasteiger partial charge in [0.1, 0.15) is 0 Å². The lowest BCUT2D eigenvalue weighted by molar-refractivity contribution is 0.372. The lowest BCUT2D eigenvalue weighted by Gasteiger charge is -2.35. The summed E-state index contributed by atoms with van der Waals surface area (Å²) in [4.78, 5) is 1.59. The van der Waals surface area contributed by atoms with Crippen molar-refractivity contribution in [1.82, 2.24) is 20.2 Å². The largest absolute Gasteiger partial charge is 0.349 e. The monoisotopic (exact) mass is 243 g/mol. The Labute approximate surface area is 106 Å². The Hall–Kier alpha value is -1.91. The van der Waals surface area contributed by atoms with Crippen LogP contribution < -0.4 is 5.32 Å². The number of benzene rings is 1. The second kappa shape index (κ2) is 4.76. The molecule has 5 nitrogen and oxygen atoms in total. The van der Waals surface area contributed by atoms with Crippen molar-refractivity contribution >= 4 is 5.95 Å². The molecule has 5 heteroatoms. The minimum absolute atomic E-state index is 0.477. The van der Waals surface area contributed by atoms with Crippen molar-refractivity contribution in [2.45, 2.75) is 38.3 Å². The van der Waals surface area contributed by atoms with E-state index in [-0.39, 0.29) is 0 Å². The minimum Gasteiger partial charge on any atom is -0.349 e. The normalized spacial score (nSPS) is 22.5. The third kappa shape index (κ3) is 2.20. The fourth-order valence-corrected chi connectivity index (χ4v) is 2.35. The van der Waals surface area contributed by atoms with Gasteiger partial charge in [-0.05, 0) is 36.5 Å². The van der Waals surface area contributed by atoms with Crippen molar-refractivity contribution in [3.63, 3.8) is 0 Å².